The van der Waals surface area contributed by atoms with Crippen molar-refractivity contribution in [2.45, 2.75) is 63.6 Å². The van der Waals surface area contributed by atoms with E-state index in [4.69, 9.17) is 5.73 Å². The Morgan fingerprint density at radius 1 is 1.34 bits per heavy atom. The molecule has 2 aromatic rings. The van der Waals surface area contributed by atoms with E-state index in [1.165, 1.54) is 24.2 Å². The highest BCUT2D eigenvalue weighted by molar-refractivity contribution is 7.08. The summed E-state index contributed by atoms with van der Waals surface area (Å²) < 4.78 is 1.82. The number of aromatic nitrogens is 3. The van der Waals surface area contributed by atoms with E-state index < -0.39 is 11.2 Å². The highest BCUT2D eigenvalue weighted by atomic mass is 32.1. The number of rotatable bonds is 5. The van der Waals surface area contributed by atoms with Crippen LogP contribution in [0.15, 0.2) is 23.0 Å². The standard InChI is InChI=1S/C21H32N6OS/c1-15-3-5-17(6-4-15)20(2,24-19(28)16-7-12-29-14-16)18-13-27(26-25-18)21(22)8-10-23-11-9-21/h7,12-15,17,23H,3-6,8-11,22H2,1-2H3,(H,24,28)/t15-,17-,20-/m0/s1. The minimum Gasteiger partial charge on any atom is -0.341 e. The minimum absolute atomic E-state index is 0.0498. The quantitative estimate of drug-likeness (QED) is 0.696. The van der Waals surface area contributed by atoms with Crippen molar-refractivity contribution in [2.24, 2.45) is 17.6 Å². The van der Waals surface area contributed by atoms with Gasteiger partial charge in [0.2, 0.25) is 0 Å². The first kappa shape index (κ1) is 20.5. The number of amides is 1. The van der Waals surface area contributed by atoms with Gasteiger partial charge in [0.15, 0.2) is 0 Å². The Labute approximate surface area is 176 Å². The molecule has 158 valence electrons. The molecule has 29 heavy (non-hydrogen) atoms. The summed E-state index contributed by atoms with van der Waals surface area (Å²) in [6.45, 7) is 6.16. The van der Waals surface area contributed by atoms with Gasteiger partial charge in [-0.3, -0.25) is 4.79 Å². The molecule has 0 spiro atoms. The van der Waals surface area contributed by atoms with Crippen molar-refractivity contribution in [3.63, 3.8) is 0 Å². The van der Waals surface area contributed by atoms with Crippen molar-refractivity contribution in [3.05, 3.63) is 34.3 Å². The van der Waals surface area contributed by atoms with Gasteiger partial charge < -0.3 is 16.4 Å². The average molecular weight is 417 g/mol. The first-order valence-corrected chi connectivity index (χ1v) is 11.6. The summed E-state index contributed by atoms with van der Waals surface area (Å²) >= 11 is 1.53. The zero-order chi connectivity index (χ0) is 20.5. The lowest BCUT2D eigenvalue weighted by molar-refractivity contribution is 0.0813. The third-order valence-corrected chi connectivity index (χ3v) is 7.62. The van der Waals surface area contributed by atoms with Crippen molar-refractivity contribution in [3.8, 4) is 0 Å². The lowest BCUT2D eigenvalue weighted by atomic mass is 9.71. The van der Waals surface area contributed by atoms with Crippen LogP contribution in [0.25, 0.3) is 0 Å². The summed E-state index contributed by atoms with van der Waals surface area (Å²) in [5.41, 5.74) is 7.07. The Morgan fingerprint density at radius 2 is 2.07 bits per heavy atom. The first-order valence-electron chi connectivity index (χ1n) is 10.7. The van der Waals surface area contributed by atoms with Crippen molar-refractivity contribution >= 4 is 17.2 Å². The number of piperidine rings is 1. The number of hydrogen-bond donors (Lipinski definition) is 3. The van der Waals surface area contributed by atoms with Crippen LogP contribution in [0, 0.1) is 11.8 Å². The molecule has 2 fully saturated rings. The number of nitrogens with zero attached hydrogens (tertiary/aromatic N) is 3. The molecule has 3 heterocycles. The SMILES string of the molecule is C[C@@](NC(=O)c1ccsc1)(c1cn(C2(N)CCNCC2)nn1)[C@H]1CC[C@H](C)CC1. The van der Waals surface area contributed by atoms with Crippen molar-refractivity contribution in [1.82, 2.24) is 25.6 Å². The van der Waals surface area contributed by atoms with E-state index in [0.717, 1.165) is 50.4 Å². The van der Waals surface area contributed by atoms with E-state index in [2.05, 4.69) is 34.8 Å². The number of nitrogens with one attached hydrogen (secondary N) is 2. The number of thiophene rings is 1. The van der Waals surface area contributed by atoms with Gasteiger partial charge >= 0.3 is 0 Å². The number of hydrogen-bond acceptors (Lipinski definition) is 6. The molecule has 8 heteroatoms. The van der Waals surface area contributed by atoms with E-state index >= 15 is 0 Å². The van der Waals surface area contributed by atoms with Crippen LogP contribution in [0.5, 0.6) is 0 Å². The Morgan fingerprint density at radius 3 is 2.72 bits per heavy atom. The van der Waals surface area contributed by atoms with Gasteiger partial charge in [0.25, 0.3) is 5.91 Å². The van der Waals surface area contributed by atoms with Crippen molar-refractivity contribution in [1.29, 1.82) is 0 Å². The number of carbonyl (C=O) groups excluding carboxylic acids is 1. The normalized spacial score (nSPS) is 26.6. The van der Waals surface area contributed by atoms with E-state index in [-0.39, 0.29) is 5.91 Å². The van der Waals surface area contributed by atoms with Gasteiger partial charge in [-0.1, -0.05) is 25.0 Å². The fourth-order valence-corrected chi connectivity index (χ4v) is 5.36. The summed E-state index contributed by atoms with van der Waals surface area (Å²) in [7, 11) is 0. The van der Waals surface area contributed by atoms with E-state index in [1.807, 2.05) is 27.7 Å². The van der Waals surface area contributed by atoms with Crippen LogP contribution in [-0.4, -0.2) is 34.0 Å². The van der Waals surface area contributed by atoms with Gasteiger partial charge in [-0.2, -0.15) is 11.3 Å². The van der Waals surface area contributed by atoms with E-state index in [9.17, 15) is 4.79 Å². The lowest BCUT2D eigenvalue weighted by Gasteiger charge is -2.40. The second-order valence-electron chi connectivity index (χ2n) is 9.03. The van der Waals surface area contributed by atoms with Gasteiger partial charge in [-0.15, -0.1) is 5.10 Å². The lowest BCUT2D eigenvalue weighted by Crippen LogP contribution is -2.51. The third kappa shape index (κ3) is 4.11. The molecule has 0 unspecified atom stereocenters. The maximum atomic E-state index is 13.0. The molecule has 7 nitrogen and oxygen atoms in total. The van der Waals surface area contributed by atoms with Crippen LogP contribution in [0.1, 0.15) is 68.4 Å². The highest BCUT2D eigenvalue weighted by Gasteiger charge is 2.42. The van der Waals surface area contributed by atoms with E-state index in [1.54, 1.807) is 0 Å². The zero-order valence-corrected chi connectivity index (χ0v) is 18.2. The highest BCUT2D eigenvalue weighted by Crippen LogP contribution is 2.40. The molecule has 1 saturated heterocycles. The molecule has 1 amide bonds. The second-order valence-corrected chi connectivity index (χ2v) is 9.81. The second kappa shape index (κ2) is 8.16. The molecule has 4 rings (SSSR count). The van der Waals surface area contributed by atoms with Crippen LogP contribution in [-0.2, 0) is 11.2 Å². The fraction of sp³-hybridized carbons (Fsp3) is 0.667. The largest absolute Gasteiger partial charge is 0.341 e. The van der Waals surface area contributed by atoms with Gasteiger partial charge in [0, 0.05) is 5.38 Å². The number of carbonyl (C=O) groups is 1. The Balaban J connectivity index is 1.64. The predicted molar refractivity (Wildman–Crippen MR) is 115 cm³/mol. The molecule has 4 N–H and O–H groups in total. The molecule has 2 aliphatic rings. The molecule has 0 bridgehead atoms. The molecule has 1 aliphatic heterocycles. The summed E-state index contributed by atoms with van der Waals surface area (Å²) in [5.74, 6) is 1.01. The molecule has 1 saturated carbocycles. The Hall–Kier alpha value is -1.77. The molecule has 1 aliphatic carbocycles. The molecule has 1 atom stereocenters. The fourth-order valence-electron chi connectivity index (χ4n) is 4.72. The van der Waals surface area contributed by atoms with Crippen LogP contribution in [0.4, 0.5) is 0 Å². The zero-order valence-electron chi connectivity index (χ0n) is 17.4. The summed E-state index contributed by atoms with van der Waals surface area (Å²) in [6, 6.07) is 1.87. The summed E-state index contributed by atoms with van der Waals surface area (Å²) in [4.78, 5) is 13.0. The molecular formula is C21H32N6OS. The van der Waals surface area contributed by atoms with Gasteiger partial charge in [0.05, 0.1) is 17.3 Å². The van der Waals surface area contributed by atoms with Crippen LogP contribution in [0.2, 0.25) is 0 Å². The Kier molecular flexibility index (Phi) is 5.77. The molecule has 0 aromatic carbocycles. The van der Waals surface area contributed by atoms with Gasteiger partial charge in [0.1, 0.15) is 11.4 Å². The Bertz CT molecular complexity index is 820. The molecular weight excluding hydrogens is 384 g/mol. The molecule has 2 aromatic heterocycles. The topological polar surface area (TPSA) is 97.9 Å². The predicted octanol–water partition coefficient (Wildman–Crippen LogP) is 2.81. The van der Waals surface area contributed by atoms with Crippen LogP contribution >= 0.6 is 11.3 Å². The van der Waals surface area contributed by atoms with E-state index in [0.29, 0.717) is 11.5 Å². The summed E-state index contributed by atoms with van der Waals surface area (Å²) in [5, 5.41) is 19.4. The maximum absolute atomic E-state index is 13.0. The van der Waals surface area contributed by atoms with Crippen molar-refractivity contribution < 1.29 is 4.79 Å². The van der Waals surface area contributed by atoms with Crippen LogP contribution in [0.3, 0.4) is 0 Å². The van der Waals surface area contributed by atoms with Gasteiger partial charge in [-0.05, 0) is 69.0 Å². The summed E-state index contributed by atoms with van der Waals surface area (Å²) in [6.07, 6.45) is 8.10. The first-order chi connectivity index (χ1) is 13.9. The van der Waals surface area contributed by atoms with Crippen molar-refractivity contribution in [2.75, 3.05) is 13.1 Å². The number of nitrogens with two attached hydrogens (primary N) is 1. The smallest absolute Gasteiger partial charge is 0.252 e. The monoisotopic (exact) mass is 416 g/mol. The molecule has 0 radical (unpaired) electrons. The average Bonchev–Trinajstić information content (AvgIpc) is 3.42. The minimum atomic E-state index is -0.569. The van der Waals surface area contributed by atoms with Gasteiger partial charge in [-0.25, -0.2) is 4.68 Å². The maximum Gasteiger partial charge on any atom is 0.252 e. The third-order valence-electron chi connectivity index (χ3n) is 6.94. The van der Waals surface area contributed by atoms with Crippen LogP contribution < -0.4 is 16.4 Å².